The first-order valence-corrected chi connectivity index (χ1v) is 7.16. The summed E-state index contributed by atoms with van der Waals surface area (Å²) in [7, 11) is 0. The normalized spacial score (nSPS) is 27.0. The molecule has 3 unspecified atom stereocenters. The van der Waals surface area contributed by atoms with Gasteiger partial charge in [0.1, 0.15) is 0 Å². The van der Waals surface area contributed by atoms with E-state index < -0.39 is 0 Å². The zero-order chi connectivity index (χ0) is 14.0. The number of carbonyl (C=O) groups is 1. The average molecular weight is 260 g/mol. The van der Waals surface area contributed by atoms with Gasteiger partial charge in [-0.1, -0.05) is 38.8 Å². The number of benzene rings is 1. The van der Waals surface area contributed by atoms with Crippen molar-refractivity contribution in [1.29, 1.82) is 0 Å². The quantitative estimate of drug-likeness (QED) is 0.803. The van der Waals surface area contributed by atoms with Gasteiger partial charge in [-0.15, -0.1) is 0 Å². The van der Waals surface area contributed by atoms with Crippen LogP contribution < -0.4 is 11.1 Å². The fourth-order valence-corrected chi connectivity index (χ4v) is 2.91. The number of hydrogen-bond acceptors (Lipinski definition) is 2. The Balaban J connectivity index is 2.10. The summed E-state index contributed by atoms with van der Waals surface area (Å²) in [4.78, 5) is 12.3. The van der Waals surface area contributed by atoms with Crippen LogP contribution in [0.1, 0.15) is 49.0 Å². The lowest BCUT2D eigenvalue weighted by Crippen LogP contribution is -2.43. The molecule has 0 heterocycles. The van der Waals surface area contributed by atoms with Crippen molar-refractivity contribution in [3.8, 4) is 0 Å². The second kappa shape index (κ2) is 5.64. The van der Waals surface area contributed by atoms with E-state index in [1.165, 1.54) is 12.8 Å². The van der Waals surface area contributed by atoms with Crippen LogP contribution in [0.15, 0.2) is 18.2 Å². The Bertz CT molecular complexity index is 470. The largest absolute Gasteiger partial charge is 0.398 e. The average Bonchev–Trinajstić information content (AvgIpc) is 2.38. The molecule has 1 fully saturated rings. The van der Waals surface area contributed by atoms with Gasteiger partial charge in [0.25, 0.3) is 5.91 Å². The number of carbonyl (C=O) groups excluding carboxylic acids is 1. The van der Waals surface area contributed by atoms with E-state index in [9.17, 15) is 4.79 Å². The van der Waals surface area contributed by atoms with Crippen LogP contribution in [0, 0.1) is 18.8 Å². The van der Waals surface area contributed by atoms with Gasteiger partial charge in [0.15, 0.2) is 0 Å². The van der Waals surface area contributed by atoms with E-state index in [-0.39, 0.29) is 11.9 Å². The van der Waals surface area contributed by atoms with Crippen molar-refractivity contribution in [3.05, 3.63) is 29.3 Å². The number of nitrogens with two attached hydrogens (primary N) is 1. The van der Waals surface area contributed by atoms with Gasteiger partial charge in [-0.05, 0) is 36.8 Å². The third kappa shape index (κ3) is 2.91. The number of amides is 1. The molecule has 0 spiro atoms. The van der Waals surface area contributed by atoms with Crippen LogP contribution in [0.2, 0.25) is 0 Å². The van der Waals surface area contributed by atoms with Gasteiger partial charge in [0.05, 0.1) is 5.56 Å². The summed E-state index contributed by atoms with van der Waals surface area (Å²) in [5.74, 6) is 1.17. The lowest BCUT2D eigenvalue weighted by molar-refractivity contribution is 0.0892. The Labute approximate surface area is 115 Å². The van der Waals surface area contributed by atoms with E-state index in [0.29, 0.717) is 23.1 Å². The predicted molar refractivity (Wildman–Crippen MR) is 79.0 cm³/mol. The molecule has 1 aromatic rings. The SMILES string of the molecule is Cc1cccc(C(=O)NC2CCCC(C)C2C)c1N. The van der Waals surface area contributed by atoms with Gasteiger partial charge < -0.3 is 11.1 Å². The summed E-state index contributed by atoms with van der Waals surface area (Å²) in [5.41, 5.74) is 8.14. The molecular formula is C16H24N2O. The van der Waals surface area contributed by atoms with Crippen LogP contribution in [-0.4, -0.2) is 11.9 Å². The zero-order valence-corrected chi connectivity index (χ0v) is 12.1. The molecule has 1 aliphatic rings. The topological polar surface area (TPSA) is 55.1 Å². The maximum absolute atomic E-state index is 12.3. The molecule has 19 heavy (non-hydrogen) atoms. The summed E-state index contributed by atoms with van der Waals surface area (Å²) in [6, 6.07) is 5.88. The fourth-order valence-electron chi connectivity index (χ4n) is 2.91. The molecular weight excluding hydrogens is 236 g/mol. The lowest BCUT2D eigenvalue weighted by atomic mass is 9.78. The van der Waals surface area contributed by atoms with E-state index in [2.05, 4.69) is 19.2 Å². The van der Waals surface area contributed by atoms with E-state index >= 15 is 0 Å². The van der Waals surface area contributed by atoms with Gasteiger partial charge >= 0.3 is 0 Å². The number of nitrogen functional groups attached to an aromatic ring is 1. The standard InChI is InChI=1S/C16H24N2O/c1-10-6-5-9-14(12(10)3)18-16(19)13-8-4-7-11(2)15(13)17/h4,7-8,10,12,14H,5-6,9,17H2,1-3H3,(H,18,19). The molecule has 3 atom stereocenters. The van der Waals surface area contributed by atoms with E-state index in [1.54, 1.807) is 6.07 Å². The Morgan fingerprint density at radius 3 is 2.79 bits per heavy atom. The molecule has 1 amide bonds. The summed E-state index contributed by atoms with van der Waals surface area (Å²) in [6.45, 7) is 6.43. The molecule has 104 valence electrons. The number of hydrogen-bond donors (Lipinski definition) is 2. The Hall–Kier alpha value is -1.51. The van der Waals surface area contributed by atoms with Crippen molar-refractivity contribution in [3.63, 3.8) is 0 Å². The van der Waals surface area contributed by atoms with Crippen molar-refractivity contribution in [2.24, 2.45) is 11.8 Å². The third-order valence-electron chi connectivity index (χ3n) is 4.59. The first kappa shape index (κ1) is 13.9. The maximum atomic E-state index is 12.3. The van der Waals surface area contributed by atoms with Gasteiger partial charge in [0.2, 0.25) is 0 Å². The highest BCUT2D eigenvalue weighted by Gasteiger charge is 2.28. The smallest absolute Gasteiger partial charge is 0.253 e. The number of para-hydroxylation sites is 1. The van der Waals surface area contributed by atoms with Gasteiger partial charge in [-0.2, -0.15) is 0 Å². The Morgan fingerprint density at radius 2 is 2.05 bits per heavy atom. The minimum atomic E-state index is -0.0350. The van der Waals surface area contributed by atoms with Crippen molar-refractivity contribution in [2.45, 2.75) is 46.1 Å². The minimum Gasteiger partial charge on any atom is -0.398 e. The molecule has 3 N–H and O–H groups in total. The first-order valence-electron chi connectivity index (χ1n) is 7.16. The summed E-state index contributed by atoms with van der Waals surface area (Å²) in [5, 5.41) is 3.16. The first-order chi connectivity index (χ1) is 9.00. The Kier molecular flexibility index (Phi) is 4.13. The van der Waals surface area contributed by atoms with Crippen LogP contribution in [0.4, 0.5) is 5.69 Å². The molecule has 0 bridgehead atoms. The van der Waals surface area contributed by atoms with Crippen LogP contribution in [0.25, 0.3) is 0 Å². The fraction of sp³-hybridized carbons (Fsp3) is 0.562. The molecule has 3 nitrogen and oxygen atoms in total. The summed E-state index contributed by atoms with van der Waals surface area (Å²) < 4.78 is 0. The second-order valence-corrected chi connectivity index (χ2v) is 5.88. The number of aryl methyl sites for hydroxylation is 1. The number of nitrogens with one attached hydrogen (secondary N) is 1. The number of rotatable bonds is 2. The van der Waals surface area contributed by atoms with Crippen molar-refractivity contribution in [2.75, 3.05) is 5.73 Å². The highest BCUT2D eigenvalue weighted by atomic mass is 16.1. The number of anilines is 1. The molecule has 0 aromatic heterocycles. The summed E-state index contributed by atoms with van der Waals surface area (Å²) in [6.07, 6.45) is 3.53. The molecule has 1 saturated carbocycles. The van der Waals surface area contributed by atoms with E-state index in [4.69, 9.17) is 5.73 Å². The Morgan fingerprint density at radius 1 is 1.32 bits per heavy atom. The van der Waals surface area contributed by atoms with Gasteiger partial charge in [0, 0.05) is 11.7 Å². The molecule has 0 saturated heterocycles. The lowest BCUT2D eigenvalue weighted by Gasteiger charge is -2.34. The van der Waals surface area contributed by atoms with Crippen LogP contribution in [0.5, 0.6) is 0 Å². The van der Waals surface area contributed by atoms with Crippen LogP contribution >= 0.6 is 0 Å². The van der Waals surface area contributed by atoms with Gasteiger partial charge in [-0.25, -0.2) is 0 Å². The molecule has 2 rings (SSSR count). The maximum Gasteiger partial charge on any atom is 0.253 e. The van der Waals surface area contributed by atoms with Gasteiger partial charge in [-0.3, -0.25) is 4.79 Å². The predicted octanol–water partition coefficient (Wildman–Crippen LogP) is 3.13. The molecule has 1 aromatic carbocycles. The molecule has 3 heteroatoms. The zero-order valence-electron chi connectivity index (χ0n) is 12.1. The van der Waals surface area contributed by atoms with Crippen molar-refractivity contribution >= 4 is 11.6 Å². The molecule has 1 aliphatic carbocycles. The van der Waals surface area contributed by atoms with Crippen LogP contribution in [-0.2, 0) is 0 Å². The third-order valence-corrected chi connectivity index (χ3v) is 4.59. The van der Waals surface area contributed by atoms with E-state index in [0.717, 1.165) is 12.0 Å². The summed E-state index contributed by atoms with van der Waals surface area (Å²) >= 11 is 0. The monoisotopic (exact) mass is 260 g/mol. The van der Waals surface area contributed by atoms with E-state index in [1.807, 2.05) is 19.1 Å². The van der Waals surface area contributed by atoms with Crippen molar-refractivity contribution in [1.82, 2.24) is 5.32 Å². The second-order valence-electron chi connectivity index (χ2n) is 5.88. The minimum absolute atomic E-state index is 0.0350. The van der Waals surface area contributed by atoms with Crippen LogP contribution in [0.3, 0.4) is 0 Å². The molecule has 0 aliphatic heterocycles. The highest BCUT2D eigenvalue weighted by Crippen LogP contribution is 2.30. The molecule has 0 radical (unpaired) electrons. The highest BCUT2D eigenvalue weighted by molar-refractivity contribution is 5.99. The van der Waals surface area contributed by atoms with Crippen molar-refractivity contribution < 1.29 is 4.79 Å².